The van der Waals surface area contributed by atoms with E-state index in [9.17, 15) is 9.59 Å². The minimum Gasteiger partial charge on any atom is -0.480 e. The Hall–Kier alpha value is -1.10. The molecule has 5 heteroatoms. The second-order valence-electron chi connectivity index (χ2n) is 4.36. The quantitative estimate of drug-likeness (QED) is 0.726. The molecular formula is C11H20N2O3. The van der Waals surface area contributed by atoms with Crippen molar-refractivity contribution in [3.8, 4) is 0 Å². The largest absolute Gasteiger partial charge is 0.480 e. The van der Waals surface area contributed by atoms with Crippen molar-refractivity contribution >= 4 is 11.9 Å². The molecule has 1 heterocycles. The van der Waals surface area contributed by atoms with E-state index in [1.807, 2.05) is 4.90 Å². The van der Waals surface area contributed by atoms with Crippen molar-refractivity contribution in [3.05, 3.63) is 0 Å². The average molecular weight is 228 g/mol. The second-order valence-corrected chi connectivity index (χ2v) is 4.36. The van der Waals surface area contributed by atoms with Gasteiger partial charge in [-0.1, -0.05) is 0 Å². The second kappa shape index (κ2) is 5.84. The molecule has 0 bridgehead atoms. The van der Waals surface area contributed by atoms with Gasteiger partial charge in [-0.05, 0) is 32.2 Å². The number of carboxylic acids is 1. The number of hydrogen-bond acceptors (Lipinski definition) is 3. The van der Waals surface area contributed by atoms with E-state index in [1.165, 1.54) is 0 Å². The van der Waals surface area contributed by atoms with Crippen LogP contribution in [0.5, 0.6) is 0 Å². The number of likely N-dealkylation sites (tertiary alicyclic amines) is 1. The fourth-order valence-corrected chi connectivity index (χ4v) is 2.16. The first kappa shape index (κ1) is 13.0. The lowest BCUT2D eigenvalue weighted by Gasteiger charge is -2.32. The zero-order chi connectivity index (χ0) is 12.1. The first-order chi connectivity index (χ1) is 7.54. The smallest absolute Gasteiger partial charge is 0.320 e. The molecule has 1 rings (SSSR count). The normalized spacial score (nSPS) is 19.5. The van der Waals surface area contributed by atoms with Crippen molar-refractivity contribution in [1.82, 2.24) is 10.2 Å². The van der Waals surface area contributed by atoms with Crippen molar-refractivity contribution in [2.75, 3.05) is 20.1 Å². The third-order valence-corrected chi connectivity index (χ3v) is 3.28. The Balaban J connectivity index is 2.36. The maximum atomic E-state index is 11.1. The lowest BCUT2D eigenvalue weighted by Crippen LogP contribution is -2.41. The zero-order valence-corrected chi connectivity index (χ0v) is 9.90. The standard InChI is InChI=1S/C11H20N2O3/c1-8(14)13-5-3-9(4-6-13)7-10(12-2)11(15)16/h9-10,12H,3-7H2,1-2H3,(H,15,16). The molecule has 2 N–H and O–H groups in total. The van der Waals surface area contributed by atoms with E-state index in [-0.39, 0.29) is 5.91 Å². The van der Waals surface area contributed by atoms with Crippen molar-refractivity contribution in [1.29, 1.82) is 0 Å². The summed E-state index contributed by atoms with van der Waals surface area (Å²) >= 11 is 0. The van der Waals surface area contributed by atoms with Gasteiger partial charge in [-0.15, -0.1) is 0 Å². The van der Waals surface area contributed by atoms with Crippen LogP contribution >= 0.6 is 0 Å². The van der Waals surface area contributed by atoms with E-state index in [0.717, 1.165) is 25.9 Å². The number of nitrogens with zero attached hydrogens (tertiary/aromatic N) is 1. The Bertz CT molecular complexity index is 260. The summed E-state index contributed by atoms with van der Waals surface area (Å²) in [7, 11) is 1.67. The van der Waals surface area contributed by atoms with Gasteiger partial charge >= 0.3 is 5.97 Å². The highest BCUT2D eigenvalue weighted by Crippen LogP contribution is 2.21. The predicted molar refractivity (Wildman–Crippen MR) is 60.1 cm³/mol. The van der Waals surface area contributed by atoms with Gasteiger partial charge in [0.25, 0.3) is 0 Å². The maximum Gasteiger partial charge on any atom is 0.320 e. The van der Waals surface area contributed by atoms with E-state index < -0.39 is 12.0 Å². The molecule has 5 nitrogen and oxygen atoms in total. The molecular weight excluding hydrogens is 208 g/mol. The van der Waals surface area contributed by atoms with Gasteiger partial charge in [-0.2, -0.15) is 0 Å². The van der Waals surface area contributed by atoms with Crippen LogP contribution in [0.2, 0.25) is 0 Å². The van der Waals surface area contributed by atoms with E-state index in [2.05, 4.69) is 5.32 Å². The monoisotopic (exact) mass is 228 g/mol. The molecule has 0 aliphatic carbocycles. The molecule has 1 saturated heterocycles. The van der Waals surface area contributed by atoms with E-state index in [4.69, 9.17) is 5.11 Å². The molecule has 0 aromatic rings. The van der Waals surface area contributed by atoms with Crippen LogP contribution in [0.4, 0.5) is 0 Å². The van der Waals surface area contributed by atoms with Gasteiger partial charge < -0.3 is 15.3 Å². The summed E-state index contributed by atoms with van der Waals surface area (Å²) < 4.78 is 0. The number of carbonyl (C=O) groups is 2. The van der Waals surface area contributed by atoms with Gasteiger partial charge in [0.15, 0.2) is 0 Å². The number of rotatable bonds is 4. The highest BCUT2D eigenvalue weighted by atomic mass is 16.4. The molecule has 1 unspecified atom stereocenters. The van der Waals surface area contributed by atoms with Gasteiger partial charge in [-0.3, -0.25) is 9.59 Å². The minimum atomic E-state index is -0.795. The number of amides is 1. The van der Waals surface area contributed by atoms with Crippen LogP contribution in [0.15, 0.2) is 0 Å². The number of aliphatic carboxylic acids is 1. The Labute approximate surface area is 95.8 Å². The lowest BCUT2D eigenvalue weighted by molar-refractivity contribution is -0.140. The molecule has 0 spiro atoms. The summed E-state index contributed by atoms with van der Waals surface area (Å²) in [6.07, 6.45) is 2.47. The number of piperidine rings is 1. The summed E-state index contributed by atoms with van der Waals surface area (Å²) in [5.41, 5.74) is 0. The molecule has 1 aliphatic heterocycles. The third kappa shape index (κ3) is 3.48. The first-order valence-corrected chi connectivity index (χ1v) is 5.70. The van der Waals surface area contributed by atoms with Crippen molar-refractivity contribution in [2.24, 2.45) is 5.92 Å². The predicted octanol–water partition coefficient (Wildman–Crippen LogP) is 0.308. The maximum absolute atomic E-state index is 11.1. The molecule has 16 heavy (non-hydrogen) atoms. The Morgan fingerprint density at radius 2 is 2.00 bits per heavy atom. The molecule has 0 aromatic heterocycles. The van der Waals surface area contributed by atoms with Crippen LogP contribution in [-0.2, 0) is 9.59 Å². The van der Waals surface area contributed by atoms with Crippen LogP contribution in [0.25, 0.3) is 0 Å². The Morgan fingerprint density at radius 1 is 1.44 bits per heavy atom. The Kier molecular flexibility index (Phi) is 4.73. The lowest BCUT2D eigenvalue weighted by atomic mass is 9.90. The summed E-state index contributed by atoms with van der Waals surface area (Å²) in [5.74, 6) is -0.275. The third-order valence-electron chi connectivity index (χ3n) is 3.28. The SMILES string of the molecule is CNC(CC1CCN(C(C)=O)CC1)C(=O)O. The number of carboxylic acid groups (broad SMARTS) is 1. The Morgan fingerprint density at radius 3 is 2.38 bits per heavy atom. The molecule has 92 valence electrons. The number of hydrogen-bond donors (Lipinski definition) is 2. The van der Waals surface area contributed by atoms with Crippen molar-refractivity contribution < 1.29 is 14.7 Å². The van der Waals surface area contributed by atoms with E-state index >= 15 is 0 Å². The van der Waals surface area contributed by atoms with Crippen LogP contribution in [-0.4, -0.2) is 48.1 Å². The van der Waals surface area contributed by atoms with Gasteiger partial charge in [0.2, 0.25) is 5.91 Å². The first-order valence-electron chi connectivity index (χ1n) is 5.70. The molecule has 0 aromatic carbocycles. The molecule has 1 fully saturated rings. The van der Waals surface area contributed by atoms with Crippen LogP contribution in [0.3, 0.4) is 0 Å². The van der Waals surface area contributed by atoms with Crippen molar-refractivity contribution in [2.45, 2.75) is 32.2 Å². The summed E-state index contributed by atoms with van der Waals surface area (Å²) in [5, 5.41) is 11.7. The van der Waals surface area contributed by atoms with Crippen LogP contribution in [0, 0.1) is 5.92 Å². The number of likely N-dealkylation sites (N-methyl/N-ethyl adjacent to an activating group) is 1. The molecule has 1 aliphatic rings. The minimum absolute atomic E-state index is 0.113. The molecule has 1 atom stereocenters. The van der Waals surface area contributed by atoms with E-state index in [1.54, 1.807) is 14.0 Å². The van der Waals surface area contributed by atoms with Gasteiger partial charge in [0.05, 0.1) is 0 Å². The van der Waals surface area contributed by atoms with Gasteiger partial charge in [-0.25, -0.2) is 0 Å². The average Bonchev–Trinajstić information content (AvgIpc) is 2.26. The highest BCUT2D eigenvalue weighted by molar-refractivity contribution is 5.73. The van der Waals surface area contributed by atoms with Crippen molar-refractivity contribution in [3.63, 3.8) is 0 Å². The van der Waals surface area contributed by atoms with Gasteiger partial charge in [0.1, 0.15) is 6.04 Å². The highest BCUT2D eigenvalue weighted by Gasteiger charge is 2.25. The molecule has 1 amide bonds. The summed E-state index contributed by atoms with van der Waals surface area (Å²) in [4.78, 5) is 23.8. The summed E-state index contributed by atoms with van der Waals surface area (Å²) in [6.45, 7) is 3.10. The summed E-state index contributed by atoms with van der Waals surface area (Å²) in [6, 6.07) is -0.464. The topological polar surface area (TPSA) is 69.6 Å². The fourth-order valence-electron chi connectivity index (χ4n) is 2.16. The number of carbonyl (C=O) groups excluding carboxylic acids is 1. The van der Waals surface area contributed by atoms with Crippen LogP contribution < -0.4 is 5.32 Å². The van der Waals surface area contributed by atoms with Gasteiger partial charge in [0, 0.05) is 20.0 Å². The van der Waals surface area contributed by atoms with Crippen LogP contribution in [0.1, 0.15) is 26.2 Å². The zero-order valence-electron chi connectivity index (χ0n) is 9.90. The number of nitrogens with one attached hydrogen (secondary N) is 1. The molecule has 0 radical (unpaired) electrons. The molecule has 0 saturated carbocycles. The fraction of sp³-hybridized carbons (Fsp3) is 0.818. The van der Waals surface area contributed by atoms with E-state index in [0.29, 0.717) is 12.3 Å².